The van der Waals surface area contributed by atoms with Crippen molar-refractivity contribution in [1.82, 2.24) is 5.32 Å². The molecule has 1 N–H and O–H groups in total. The highest BCUT2D eigenvalue weighted by molar-refractivity contribution is 9.10. The first-order chi connectivity index (χ1) is 9.93. The lowest BCUT2D eigenvalue weighted by atomic mass is 9.93. The Balaban J connectivity index is 2.03. The van der Waals surface area contributed by atoms with Gasteiger partial charge in [0.2, 0.25) is 5.91 Å². The fourth-order valence-electron chi connectivity index (χ4n) is 3.06. The van der Waals surface area contributed by atoms with E-state index in [0.717, 1.165) is 28.6 Å². The average Bonchev–Trinajstić information content (AvgIpc) is 3.27. The summed E-state index contributed by atoms with van der Waals surface area (Å²) in [5, 5.41) is 2.96. The van der Waals surface area contributed by atoms with Gasteiger partial charge < -0.3 is 10.2 Å². The van der Waals surface area contributed by atoms with E-state index in [9.17, 15) is 9.59 Å². The van der Waals surface area contributed by atoms with E-state index in [4.69, 9.17) is 0 Å². The number of carbonyl (C=O) groups excluding carboxylic acids is 2. The number of nitrogens with one attached hydrogen (secondary N) is 1. The summed E-state index contributed by atoms with van der Waals surface area (Å²) >= 11 is 3.51. The monoisotopic (exact) mass is 350 g/mol. The predicted octanol–water partition coefficient (Wildman–Crippen LogP) is 2.78. The highest BCUT2D eigenvalue weighted by Crippen LogP contribution is 2.42. The summed E-state index contributed by atoms with van der Waals surface area (Å²) in [6, 6.07) is 5.83. The number of hydrogen-bond donors (Lipinski definition) is 1. The van der Waals surface area contributed by atoms with Crippen LogP contribution in [0.1, 0.15) is 31.7 Å². The summed E-state index contributed by atoms with van der Waals surface area (Å²) in [6.07, 6.45) is 2.36. The standard InChI is InChI=1S/C16H19BrN2O2/c1-10-12(17)4-3-5-13(10)19-9-8-14(20)18-16(2,15(19)21)11-6-7-11/h3-5,11H,6-9H2,1-2H3,(H,18,20). The van der Waals surface area contributed by atoms with Gasteiger partial charge in [-0.05, 0) is 50.3 Å². The van der Waals surface area contributed by atoms with Crippen molar-refractivity contribution in [2.75, 3.05) is 11.4 Å². The first-order valence-electron chi connectivity index (χ1n) is 7.31. The van der Waals surface area contributed by atoms with Crippen LogP contribution in [0.2, 0.25) is 0 Å². The molecule has 0 spiro atoms. The van der Waals surface area contributed by atoms with Crippen LogP contribution in [0.5, 0.6) is 0 Å². The van der Waals surface area contributed by atoms with Crippen molar-refractivity contribution in [1.29, 1.82) is 0 Å². The lowest BCUT2D eigenvalue weighted by Gasteiger charge is -2.33. The minimum atomic E-state index is -0.762. The van der Waals surface area contributed by atoms with E-state index in [1.807, 2.05) is 32.0 Å². The maximum absolute atomic E-state index is 13.1. The summed E-state index contributed by atoms with van der Waals surface area (Å²) in [6.45, 7) is 4.29. The summed E-state index contributed by atoms with van der Waals surface area (Å²) in [5.41, 5.74) is 1.15. The Kier molecular flexibility index (Phi) is 3.56. The normalized spacial score (nSPS) is 26.5. The van der Waals surface area contributed by atoms with Gasteiger partial charge in [-0.2, -0.15) is 0 Å². The molecule has 2 aliphatic rings. The first kappa shape index (κ1) is 14.6. The SMILES string of the molecule is Cc1c(Br)cccc1N1CCC(=O)NC(C)(C2CC2)C1=O. The lowest BCUT2D eigenvalue weighted by molar-refractivity contribution is -0.130. The Bertz CT molecular complexity index is 612. The highest BCUT2D eigenvalue weighted by Gasteiger charge is 2.51. The van der Waals surface area contributed by atoms with Crippen molar-refractivity contribution >= 4 is 33.4 Å². The molecule has 1 aromatic rings. The summed E-state index contributed by atoms with van der Waals surface area (Å²) in [7, 11) is 0. The number of halogens is 1. The van der Waals surface area contributed by atoms with E-state index in [1.165, 1.54) is 0 Å². The second-order valence-corrected chi connectivity index (χ2v) is 6.97. The minimum Gasteiger partial charge on any atom is -0.342 e. The molecule has 112 valence electrons. The first-order valence-corrected chi connectivity index (χ1v) is 8.11. The maximum Gasteiger partial charge on any atom is 0.252 e. The molecule has 1 saturated carbocycles. The molecule has 0 aromatic heterocycles. The van der Waals surface area contributed by atoms with Crippen LogP contribution in [0.25, 0.3) is 0 Å². The number of amides is 2. The third-order valence-corrected chi connectivity index (χ3v) is 5.43. The number of carbonyl (C=O) groups is 2. The Labute approximate surface area is 133 Å². The number of nitrogens with zero attached hydrogens (tertiary/aromatic N) is 1. The molecule has 1 saturated heterocycles. The van der Waals surface area contributed by atoms with E-state index >= 15 is 0 Å². The van der Waals surface area contributed by atoms with E-state index in [0.29, 0.717) is 13.0 Å². The van der Waals surface area contributed by atoms with Gasteiger partial charge in [0.05, 0.1) is 0 Å². The predicted molar refractivity (Wildman–Crippen MR) is 85.1 cm³/mol. The molecule has 1 heterocycles. The fourth-order valence-corrected chi connectivity index (χ4v) is 3.41. The van der Waals surface area contributed by atoms with Gasteiger partial charge in [0.1, 0.15) is 5.54 Å². The molecule has 21 heavy (non-hydrogen) atoms. The number of anilines is 1. The molecule has 0 radical (unpaired) electrons. The number of rotatable bonds is 2. The molecule has 1 aliphatic carbocycles. The van der Waals surface area contributed by atoms with Gasteiger partial charge in [0.15, 0.2) is 0 Å². The van der Waals surface area contributed by atoms with E-state index in [-0.39, 0.29) is 17.7 Å². The molecule has 3 rings (SSSR count). The third-order valence-electron chi connectivity index (χ3n) is 4.57. The van der Waals surface area contributed by atoms with E-state index in [1.54, 1.807) is 4.90 Å². The summed E-state index contributed by atoms with van der Waals surface area (Å²) in [4.78, 5) is 26.8. The Morgan fingerprint density at radius 3 is 2.71 bits per heavy atom. The molecule has 2 fully saturated rings. The quantitative estimate of drug-likeness (QED) is 0.891. The lowest BCUT2D eigenvalue weighted by Crippen LogP contribution is -2.57. The van der Waals surface area contributed by atoms with Crippen molar-refractivity contribution in [2.45, 2.75) is 38.6 Å². The van der Waals surface area contributed by atoms with Gasteiger partial charge in [-0.25, -0.2) is 0 Å². The largest absolute Gasteiger partial charge is 0.342 e. The van der Waals surface area contributed by atoms with Crippen LogP contribution in [0.4, 0.5) is 5.69 Å². The fraction of sp³-hybridized carbons (Fsp3) is 0.500. The van der Waals surface area contributed by atoms with Crippen LogP contribution < -0.4 is 10.2 Å². The van der Waals surface area contributed by atoms with Crippen LogP contribution in [0.3, 0.4) is 0 Å². The molecule has 2 amide bonds. The van der Waals surface area contributed by atoms with Gasteiger partial charge in [-0.1, -0.05) is 22.0 Å². The van der Waals surface area contributed by atoms with Crippen LogP contribution in [-0.2, 0) is 9.59 Å². The van der Waals surface area contributed by atoms with Gasteiger partial charge in [0, 0.05) is 23.1 Å². The second kappa shape index (κ2) is 5.13. The van der Waals surface area contributed by atoms with Gasteiger partial charge >= 0.3 is 0 Å². The van der Waals surface area contributed by atoms with Gasteiger partial charge in [-0.3, -0.25) is 9.59 Å². The molecule has 1 unspecified atom stereocenters. The Morgan fingerprint density at radius 2 is 2.05 bits per heavy atom. The topological polar surface area (TPSA) is 49.4 Å². The second-order valence-electron chi connectivity index (χ2n) is 6.12. The Morgan fingerprint density at radius 1 is 1.33 bits per heavy atom. The van der Waals surface area contributed by atoms with Gasteiger partial charge in [-0.15, -0.1) is 0 Å². The van der Waals surface area contributed by atoms with Crippen molar-refractivity contribution in [3.05, 3.63) is 28.2 Å². The van der Waals surface area contributed by atoms with Crippen molar-refractivity contribution in [2.24, 2.45) is 5.92 Å². The van der Waals surface area contributed by atoms with Crippen molar-refractivity contribution in [3.63, 3.8) is 0 Å². The molecule has 0 bridgehead atoms. The minimum absolute atomic E-state index is 0.0112. The van der Waals surface area contributed by atoms with E-state index < -0.39 is 5.54 Å². The van der Waals surface area contributed by atoms with Crippen LogP contribution in [0, 0.1) is 12.8 Å². The zero-order chi connectivity index (χ0) is 15.2. The van der Waals surface area contributed by atoms with Crippen molar-refractivity contribution < 1.29 is 9.59 Å². The number of hydrogen-bond acceptors (Lipinski definition) is 2. The van der Waals surface area contributed by atoms with Crippen LogP contribution in [0.15, 0.2) is 22.7 Å². The van der Waals surface area contributed by atoms with Crippen molar-refractivity contribution in [3.8, 4) is 0 Å². The van der Waals surface area contributed by atoms with Gasteiger partial charge in [0.25, 0.3) is 5.91 Å². The maximum atomic E-state index is 13.1. The van der Waals surface area contributed by atoms with E-state index in [2.05, 4.69) is 21.2 Å². The average molecular weight is 351 g/mol. The Hall–Kier alpha value is -1.36. The molecule has 1 aliphatic heterocycles. The zero-order valence-electron chi connectivity index (χ0n) is 12.3. The zero-order valence-corrected chi connectivity index (χ0v) is 13.9. The summed E-state index contributed by atoms with van der Waals surface area (Å²) < 4.78 is 0.976. The molecule has 1 aromatic carbocycles. The van der Waals surface area contributed by atoms with Crippen LogP contribution in [-0.4, -0.2) is 23.9 Å². The molecule has 4 nitrogen and oxygen atoms in total. The molecular weight excluding hydrogens is 332 g/mol. The molecule has 5 heteroatoms. The number of benzene rings is 1. The molecular formula is C16H19BrN2O2. The smallest absolute Gasteiger partial charge is 0.252 e. The van der Waals surface area contributed by atoms with Crippen LogP contribution >= 0.6 is 15.9 Å². The summed E-state index contributed by atoms with van der Waals surface area (Å²) in [5.74, 6) is 0.243. The molecule has 1 atom stereocenters. The highest BCUT2D eigenvalue weighted by atomic mass is 79.9. The third kappa shape index (κ3) is 2.48.